The molecule has 1 fully saturated rings. The van der Waals surface area contributed by atoms with E-state index in [-0.39, 0.29) is 11.8 Å². The number of benzene rings is 1. The van der Waals surface area contributed by atoms with Crippen molar-refractivity contribution in [2.24, 2.45) is 11.0 Å². The van der Waals surface area contributed by atoms with Crippen molar-refractivity contribution in [1.82, 2.24) is 10.3 Å². The van der Waals surface area contributed by atoms with Crippen molar-refractivity contribution in [3.63, 3.8) is 0 Å². The predicted octanol–water partition coefficient (Wildman–Crippen LogP) is 1.75. The molecule has 120 valence electrons. The molecule has 0 saturated carbocycles. The molecule has 0 amide bonds. The van der Waals surface area contributed by atoms with Crippen LogP contribution in [-0.2, 0) is 0 Å². The maximum absolute atomic E-state index is 10.1. The van der Waals surface area contributed by atoms with Gasteiger partial charge in [0.1, 0.15) is 0 Å². The largest absolute Gasteiger partial charge is 0.502 e. The van der Waals surface area contributed by atoms with Crippen LogP contribution < -0.4 is 14.9 Å². The van der Waals surface area contributed by atoms with E-state index < -0.39 is 0 Å². The second-order valence-corrected chi connectivity index (χ2v) is 5.73. The molecule has 2 N–H and O–H groups in total. The number of rotatable bonds is 4. The van der Waals surface area contributed by atoms with Crippen LogP contribution in [0.3, 0.4) is 0 Å². The molecule has 3 rings (SSSR count). The lowest BCUT2D eigenvalue weighted by atomic mass is 9.86. The van der Waals surface area contributed by atoms with Gasteiger partial charge in [0.05, 0.1) is 20.3 Å². The summed E-state index contributed by atoms with van der Waals surface area (Å²) in [7, 11) is 3.09. The van der Waals surface area contributed by atoms with Crippen molar-refractivity contribution in [3.8, 4) is 17.2 Å². The number of hydrogen-bond donors (Lipinski definition) is 2. The fourth-order valence-electron chi connectivity index (χ4n) is 3.30. The molecule has 6 nitrogen and oxygen atoms in total. The van der Waals surface area contributed by atoms with Crippen LogP contribution in [0.2, 0.25) is 0 Å². The van der Waals surface area contributed by atoms with Gasteiger partial charge in [-0.05, 0) is 24.2 Å². The van der Waals surface area contributed by atoms with E-state index in [0.29, 0.717) is 17.4 Å². The molecule has 2 atom stereocenters. The normalized spacial score (nSPS) is 24.4. The summed E-state index contributed by atoms with van der Waals surface area (Å²) in [6.45, 7) is 5.31. The summed E-state index contributed by atoms with van der Waals surface area (Å²) in [5, 5.41) is 14.6. The molecule has 2 aliphatic heterocycles. The van der Waals surface area contributed by atoms with E-state index in [4.69, 9.17) is 9.47 Å². The zero-order valence-corrected chi connectivity index (χ0v) is 13.3. The molecule has 22 heavy (non-hydrogen) atoms. The maximum Gasteiger partial charge on any atom is 0.200 e. The third kappa shape index (κ3) is 2.47. The summed E-state index contributed by atoms with van der Waals surface area (Å²) in [5.41, 5.74) is 5.51. The van der Waals surface area contributed by atoms with Gasteiger partial charge >= 0.3 is 0 Å². The lowest BCUT2D eigenvalue weighted by Gasteiger charge is -2.33. The lowest BCUT2D eigenvalue weighted by Crippen LogP contribution is -2.41. The number of hydrogen-bond acceptors (Lipinski definition) is 6. The van der Waals surface area contributed by atoms with E-state index in [2.05, 4.69) is 22.4 Å². The molecule has 0 aliphatic carbocycles. The van der Waals surface area contributed by atoms with E-state index in [1.165, 1.54) is 5.71 Å². The number of ether oxygens (including phenoxy) is 2. The smallest absolute Gasteiger partial charge is 0.200 e. The van der Waals surface area contributed by atoms with Gasteiger partial charge in [0, 0.05) is 31.1 Å². The van der Waals surface area contributed by atoms with Crippen LogP contribution in [0.4, 0.5) is 0 Å². The molecule has 0 bridgehead atoms. The first-order valence-electron chi connectivity index (χ1n) is 7.67. The van der Waals surface area contributed by atoms with Crippen molar-refractivity contribution >= 4 is 5.71 Å². The Kier molecular flexibility index (Phi) is 4.11. The highest BCUT2D eigenvalue weighted by atomic mass is 16.5. The number of likely N-dealkylation sites (tertiary alicyclic amines) is 1. The summed E-state index contributed by atoms with van der Waals surface area (Å²) < 4.78 is 10.5. The average molecular weight is 305 g/mol. The minimum atomic E-state index is 0.0340. The fraction of sp³-hybridized carbons (Fsp3) is 0.562. The van der Waals surface area contributed by atoms with Gasteiger partial charge in [0.2, 0.25) is 5.75 Å². The number of piperidine rings is 1. The van der Waals surface area contributed by atoms with Crippen molar-refractivity contribution < 1.29 is 14.6 Å². The number of methoxy groups -OCH3 is 2. The Labute approximate surface area is 130 Å². The molecule has 0 spiro atoms. The zero-order valence-electron chi connectivity index (χ0n) is 13.3. The van der Waals surface area contributed by atoms with Crippen LogP contribution in [-0.4, -0.2) is 49.6 Å². The third-order valence-corrected chi connectivity index (χ3v) is 4.63. The molecule has 1 saturated heterocycles. The summed E-state index contributed by atoms with van der Waals surface area (Å²) in [5.74, 6) is 1.24. The van der Waals surface area contributed by atoms with E-state index in [1.807, 2.05) is 12.1 Å². The van der Waals surface area contributed by atoms with Crippen LogP contribution in [0.25, 0.3) is 0 Å². The van der Waals surface area contributed by atoms with E-state index >= 15 is 0 Å². The SMILES string of the molecule is CCN1CCC2=NNC(c3cc(OC)c(O)c(OC)c3)C2C1. The van der Waals surface area contributed by atoms with Gasteiger partial charge in [-0.15, -0.1) is 0 Å². The van der Waals surface area contributed by atoms with Gasteiger partial charge in [-0.2, -0.15) is 5.10 Å². The minimum Gasteiger partial charge on any atom is -0.502 e. The highest BCUT2D eigenvalue weighted by Crippen LogP contribution is 2.41. The number of fused-ring (bicyclic) bond motifs is 1. The van der Waals surface area contributed by atoms with Crippen molar-refractivity contribution in [2.45, 2.75) is 19.4 Å². The Hall–Kier alpha value is -1.95. The van der Waals surface area contributed by atoms with E-state index in [9.17, 15) is 5.11 Å². The quantitative estimate of drug-likeness (QED) is 0.887. The van der Waals surface area contributed by atoms with Crippen LogP contribution in [0.5, 0.6) is 17.2 Å². The molecule has 6 heteroatoms. The number of nitrogens with zero attached hydrogens (tertiary/aromatic N) is 2. The number of hydrazone groups is 1. The maximum atomic E-state index is 10.1. The molecular weight excluding hydrogens is 282 g/mol. The van der Waals surface area contributed by atoms with Crippen molar-refractivity contribution in [2.75, 3.05) is 33.9 Å². The topological polar surface area (TPSA) is 66.3 Å². The Morgan fingerprint density at radius 2 is 2.00 bits per heavy atom. The van der Waals surface area contributed by atoms with Gasteiger partial charge in [-0.25, -0.2) is 0 Å². The Morgan fingerprint density at radius 1 is 1.32 bits per heavy atom. The molecule has 2 unspecified atom stereocenters. The summed E-state index contributed by atoms with van der Waals surface area (Å²) >= 11 is 0. The summed E-state index contributed by atoms with van der Waals surface area (Å²) in [6, 6.07) is 3.81. The Morgan fingerprint density at radius 3 is 2.59 bits per heavy atom. The first kappa shape index (κ1) is 15.0. The molecule has 1 aromatic carbocycles. The van der Waals surface area contributed by atoms with Crippen molar-refractivity contribution in [1.29, 1.82) is 0 Å². The standard InChI is InChI=1S/C16H23N3O3/c1-4-19-6-5-12-11(9-19)15(18-17-12)10-7-13(21-2)16(20)14(8-10)22-3/h7-8,11,15,18,20H,4-6,9H2,1-3H3. The molecule has 0 radical (unpaired) electrons. The van der Waals surface area contributed by atoms with Gasteiger partial charge in [0.15, 0.2) is 11.5 Å². The number of aromatic hydroxyl groups is 1. The molecule has 1 aromatic rings. The molecule has 2 aliphatic rings. The summed E-state index contributed by atoms with van der Waals surface area (Å²) in [4.78, 5) is 2.44. The lowest BCUT2D eigenvalue weighted by molar-refractivity contribution is 0.238. The van der Waals surface area contributed by atoms with E-state index in [0.717, 1.165) is 31.6 Å². The van der Waals surface area contributed by atoms with Gasteiger partial charge in [0.25, 0.3) is 0 Å². The van der Waals surface area contributed by atoms with Gasteiger partial charge in [-0.3, -0.25) is 0 Å². The number of phenols is 1. The van der Waals surface area contributed by atoms with Gasteiger partial charge < -0.3 is 24.9 Å². The van der Waals surface area contributed by atoms with Gasteiger partial charge in [-0.1, -0.05) is 6.92 Å². The molecule has 0 aromatic heterocycles. The second-order valence-electron chi connectivity index (χ2n) is 5.73. The number of nitrogens with one attached hydrogen (secondary N) is 1. The second kappa shape index (κ2) is 6.04. The fourth-order valence-corrected chi connectivity index (χ4v) is 3.30. The molecule has 2 heterocycles. The van der Waals surface area contributed by atoms with Crippen LogP contribution >= 0.6 is 0 Å². The zero-order chi connectivity index (χ0) is 15.7. The van der Waals surface area contributed by atoms with Crippen LogP contribution in [0.15, 0.2) is 17.2 Å². The number of phenolic OH excluding ortho intramolecular Hbond substituents is 1. The van der Waals surface area contributed by atoms with E-state index in [1.54, 1.807) is 14.2 Å². The molecular formula is C16H23N3O3. The van der Waals surface area contributed by atoms with Crippen LogP contribution in [0, 0.1) is 5.92 Å². The highest BCUT2D eigenvalue weighted by molar-refractivity contribution is 5.90. The Balaban J connectivity index is 1.91. The third-order valence-electron chi connectivity index (χ3n) is 4.63. The first-order chi connectivity index (χ1) is 10.7. The monoisotopic (exact) mass is 305 g/mol. The van der Waals surface area contributed by atoms with Crippen LogP contribution in [0.1, 0.15) is 24.9 Å². The predicted molar refractivity (Wildman–Crippen MR) is 84.7 cm³/mol. The Bertz CT molecular complexity index is 563. The first-order valence-corrected chi connectivity index (χ1v) is 7.67. The average Bonchev–Trinajstić information content (AvgIpc) is 2.98. The summed E-state index contributed by atoms with van der Waals surface area (Å²) in [6.07, 6.45) is 1.01. The minimum absolute atomic E-state index is 0.0340. The van der Waals surface area contributed by atoms with Crippen molar-refractivity contribution in [3.05, 3.63) is 17.7 Å². The highest BCUT2D eigenvalue weighted by Gasteiger charge is 2.37.